The van der Waals surface area contributed by atoms with E-state index in [1.54, 1.807) is 6.20 Å². The lowest BCUT2D eigenvalue weighted by atomic mass is 10.1. The van der Waals surface area contributed by atoms with Crippen LogP contribution in [-0.2, 0) is 0 Å². The molecule has 2 heterocycles. The molecule has 1 aliphatic heterocycles. The second kappa shape index (κ2) is 3.89. The molecule has 0 amide bonds. The van der Waals surface area contributed by atoms with Gasteiger partial charge in [0.2, 0.25) is 6.79 Å². The summed E-state index contributed by atoms with van der Waals surface area (Å²) in [4.78, 5) is 4.21. The molecule has 2 bridgehead atoms. The van der Waals surface area contributed by atoms with E-state index in [4.69, 9.17) is 14.2 Å². The van der Waals surface area contributed by atoms with Gasteiger partial charge < -0.3 is 14.2 Å². The highest BCUT2D eigenvalue weighted by Gasteiger charge is 2.14. The minimum Gasteiger partial charge on any atom is -0.466 e. The maximum atomic E-state index is 5.39. The van der Waals surface area contributed by atoms with Gasteiger partial charge in [-0.15, -0.1) is 0 Å². The Kier molecular flexibility index (Phi) is 2.25. The number of fused-ring (bicyclic) bond motifs is 2. The summed E-state index contributed by atoms with van der Waals surface area (Å²) in [5.41, 5.74) is 1.49. The molecule has 2 aromatic rings. The normalized spacial score (nSPS) is 12.5. The van der Waals surface area contributed by atoms with Crippen molar-refractivity contribution in [3.05, 3.63) is 24.4 Å². The highest BCUT2D eigenvalue weighted by molar-refractivity contribution is 5.68. The number of hydrogen-bond acceptors (Lipinski definition) is 6. The summed E-state index contributed by atoms with van der Waals surface area (Å²) in [5.74, 6) is 1.50. The molecule has 6 nitrogen and oxygen atoms in total. The molecule has 0 spiro atoms. The largest absolute Gasteiger partial charge is 0.466 e. The number of hydrogen-bond donors (Lipinski definition) is 0. The van der Waals surface area contributed by atoms with Gasteiger partial charge in [0.25, 0.3) is 0 Å². The summed E-state index contributed by atoms with van der Waals surface area (Å²) < 4.78 is 15.6. The summed E-state index contributed by atoms with van der Waals surface area (Å²) in [6, 6.07) is 5.77. The van der Waals surface area contributed by atoms with Gasteiger partial charge in [0.15, 0.2) is 0 Å². The molecule has 1 aromatic carbocycles. The zero-order chi connectivity index (χ0) is 11.7. The zero-order valence-corrected chi connectivity index (χ0v) is 9.08. The molecule has 0 saturated carbocycles. The molecular weight excluding hydrogens is 222 g/mol. The number of ether oxygens (including phenoxy) is 3. The summed E-state index contributed by atoms with van der Waals surface area (Å²) in [6.45, 7) is 0.213. The molecule has 0 aliphatic carbocycles. The van der Waals surface area contributed by atoms with Crippen molar-refractivity contribution in [3.63, 3.8) is 0 Å². The molecule has 17 heavy (non-hydrogen) atoms. The van der Waals surface area contributed by atoms with Gasteiger partial charge in [0, 0.05) is 11.6 Å². The van der Waals surface area contributed by atoms with Crippen LogP contribution in [0.1, 0.15) is 0 Å². The summed E-state index contributed by atoms with van der Waals surface area (Å²) >= 11 is 0. The fourth-order valence-electron chi connectivity index (χ4n) is 1.59. The smallest absolute Gasteiger partial charge is 0.335 e. The van der Waals surface area contributed by atoms with E-state index >= 15 is 0 Å². The first kappa shape index (κ1) is 9.83. The lowest BCUT2D eigenvalue weighted by Gasteiger charge is -2.18. The Morgan fingerprint density at radius 3 is 3.12 bits per heavy atom. The van der Waals surface area contributed by atoms with E-state index in [-0.39, 0.29) is 12.8 Å². The molecule has 0 N–H and O–H groups in total. The summed E-state index contributed by atoms with van der Waals surface area (Å²) in [5, 5.41) is 7.54. The van der Waals surface area contributed by atoms with E-state index in [9.17, 15) is 0 Å². The lowest BCUT2D eigenvalue weighted by molar-refractivity contribution is 0.106. The number of methoxy groups -OCH3 is 1. The third-order valence-corrected chi connectivity index (χ3v) is 2.39. The van der Waals surface area contributed by atoms with E-state index in [0.29, 0.717) is 5.69 Å². The minimum atomic E-state index is 0.213. The van der Waals surface area contributed by atoms with E-state index in [1.807, 2.05) is 18.2 Å². The quantitative estimate of drug-likeness (QED) is 0.775. The Bertz CT molecular complexity index is 559. The standard InChI is InChI=1S/C11H9N3O3/c1-15-11-13-9(5-12-14-11)8-3-2-7-4-10(8)17-6-16-7/h2-5H,6H2,1H3. The van der Waals surface area contributed by atoms with Crippen molar-refractivity contribution < 1.29 is 14.2 Å². The molecule has 0 fully saturated rings. The van der Waals surface area contributed by atoms with Crippen LogP contribution in [0.25, 0.3) is 11.3 Å². The van der Waals surface area contributed by atoms with Gasteiger partial charge in [0.1, 0.15) is 11.5 Å². The maximum absolute atomic E-state index is 5.39. The lowest BCUT2D eigenvalue weighted by Crippen LogP contribution is -2.11. The number of rotatable bonds is 2. The molecule has 0 unspecified atom stereocenters. The van der Waals surface area contributed by atoms with Gasteiger partial charge in [-0.1, -0.05) is 5.10 Å². The number of benzene rings is 1. The van der Waals surface area contributed by atoms with Crippen LogP contribution < -0.4 is 14.2 Å². The van der Waals surface area contributed by atoms with Crippen LogP contribution >= 0.6 is 0 Å². The molecule has 0 atom stereocenters. The first-order valence-corrected chi connectivity index (χ1v) is 5.00. The van der Waals surface area contributed by atoms with E-state index in [2.05, 4.69) is 15.2 Å². The Balaban J connectivity index is 2.09. The molecular formula is C11H9N3O3. The van der Waals surface area contributed by atoms with Crippen LogP contribution in [0.15, 0.2) is 24.4 Å². The Labute approximate surface area is 97.2 Å². The fraction of sp³-hybridized carbons (Fsp3) is 0.182. The van der Waals surface area contributed by atoms with Gasteiger partial charge in [-0.25, -0.2) is 0 Å². The zero-order valence-electron chi connectivity index (χ0n) is 9.08. The van der Waals surface area contributed by atoms with Crippen molar-refractivity contribution >= 4 is 0 Å². The monoisotopic (exact) mass is 231 g/mol. The van der Waals surface area contributed by atoms with Gasteiger partial charge in [0.05, 0.1) is 19.0 Å². The van der Waals surface area contributed by atoms with Crippen LogP contribution in [0.2, 0.25) is 0 Å². The van der Waals surface area contributed by atoms with Gasteiger partial charge >= 0.3 is 6.01 Å². The van der Waals surface area contributed by atoms with Gasteiger partial charge in [-0.3, -0.25) is 0 Å². The Morgan fingerprint density at radius 2 is 2.24 bits per heavy atom. The van der Waals surface area contributed by atoms with Crippen molar-refractivity contribution in [1.29, 1.82) is 0 Å². The van der Waals surface area contributed by atoms with Crippen LogP contribution in [0.4, 0.5) is 0 Å². The molecule has 1 aliphatic rings. The first-order chi connectivity index (χ1) is 8.36. The third-order valence-electron chi connectivity index (χ3n) is 2.39. The molecule has 0 radical (unpaired) electrons. The van der Waals surface area contributed by atoms with Crippen molar-refractivity contribution in [1.82, 2.24) is 15.2 Å². The Morgan fingerprint density at radius 1 is 1.29 bits per heavy atom. The van der Waals surface area contributed by atoms with Crippen molar-refractivity contribution in [2.75, 3.05) is 13.9 Å². The predicted molar refractivity (Wildman–Crippen MR) is 57.9 cm³/mol. The topological polar surface area (TPSA) is 66.4 Å². The van der Waals surface area contributed by atoms with Crippen LogP contribution in [0.3, 0.4) is 0 Å². The fourth-order valence-corrected chi connectivity index (χ4v) is 1.59. The van der Waals surface area contributed by atoms with E-state index in [1.165, 1.54) is 7.11 Å². The van der Waals surface area contributed by atoms with E-state index < -0.39 is 0 Å². The van der Waals surface area contributed by atoms with E-state index in [0.717, 1.165) is 17.1 Å². The molecule has 86 valence electrons. The molecule has 0 saturated heterocycles. The SMILES string of the molecule is COc1nncc(-c2ccc3cc2OCO3)n1. The van der Waals surface area contributed by atoms with Crippen molar-refractivity contribution in [2.45, 2.75) is 0 Å². The highest BCUT2D eigenvalue weighted by atomic mass is 16.7. The number of aromatic nitrogens is 3. The van der Waals surface area contributed by atoms with Crippen molar-refractivity contribution in [2.24, 2.45) is 0 Å². The predicted octanol–water partition coefficient (Wildman–Crippen LogP) is 1.28. The van der Waals surface area contributed by atoms with Gasteiger partial charge in [-0.05, 0) is 12.1 Å². The minimum absolute atomic E-state index is 0.213. The molecule has 1 aromatic heterocycles. The number of nitrogens with zero attached hydrogens (tertiary/aromatic N) is 3. The average molecular weight is 231 g/mol. The first-order valence-electron chi connectivity index (χ1n) is 5.00. The molecule has 3 rings (SSSR count). The van der Waals surface area contributed by atoms with Crippen molar-refractivity contribution in [3.8, 4) is 28.8 Å². The average Bonchev–Trinajstić information content (AvgIpc) is 2.39. The maximum Gasteiger partial charge on any atom is 0.335 e. The summed E-state index contributed by atoms with van der Waals surface area (Å²) in [6.07, 6.45) is 1.56. The van der Waals surface area contributed by atoms with Crippen LogP contribution in [0, 0.1) is 0 Å². The second-order valence-corrected chi connectivity index (χ2v) is 3.39. The van der Waals surface area contributed by atoms with Crippen LogP contribution in [0.5, 0.6) is 17.5 Å². The molecule has 6 heteroatoms. The van der Waals surface area contributed by atoms with Crippen LogP contribution in [-0.4, -0.2) is 29.1 Å². The highest BCUT2D eigenvalue weighted by Crippen LogP contribution is 2.34. The summed E-state index contributed by atoms with van der Waals surface area (Å²) in [7, 11) is 1.50. The second-order valence-electron chi connectivity index (χ2n) is 3.39. The van der Waals surface area contributed by atoms with Gasteiger partial charge in [-0.2, -0.15) is 10.1 Å². The third kappa shape index (κ3) is 1.73. The Hall–Kier alpha value is -2.37.